The average molecular weight is 486 g/mol. The van der Waals surface area contributed by atoms with E-state index >= 15 is 0 Å². The lowest BCUT2D eigenvalue weighted by atomic mass is 9.98. The van der Waals surface area contributed by atoms with Crippen molar-refractivity contribution in [3.63, 3.8) is 0 Å². The highest BCUT2D eigenvalue weighted by molar-refractivity contribution is 6.02. The maximum absolute atomic E-state index is 13.0. The molecule has 1 aromatic heterocycles. The SMILES string of the molecule is COCCCC(=O)c1ccc2nn(CC3CN(C(=O)c4ccc5cc(OC)ccc5c4)C3)cc2c1C. The zero-order valence-electron chi connectivity index (χ0n) is 21.0. The van der Waals surface area contributed by atoms with Gasteiger partial charge in [-0.05, 0) is 66.1 Å². The molecule has 0 atom stereocenters. The van der Waals surface area contributed by atoms with E-state index in [1.807, 2.05) is 71.2 Å². The Hall–Kier alpha value is -3.71. The van der Waals surface area contributed by atoms with Crippen molar-refractivity contribution in [3.8, 4) is 5.75 Å². The third-order valence-corrected chi connectivity index (χ3v) is 7.04. The highest BCUT2D eigenvalue weighted by Crippen LogP contribution is 2.27. The van der Waals surface area contributed by atoms with E-state index in [4.69, 9.17) is 14.6 Å². The first kappa shape index (κ1) is 24.0. The van der Waals surface area contributed by atoms with Crippen molar-refractivity contribution in [2.45, 2.75) is 26.3 Å². The van der Waals surface area contributed by atoms with Crippen LogP contribution >= 0.6 is 0 Å². The molecule has 7 nitrogen and oxygen atoms in total. The molecule has 0 saturated carbocycles. The monoisotopic (exact) mass is 485 g/mol. The molecule has 0 unspecified atom stereocenters. The van der Waals surface area contributed by atoms with Crippen LogP contribution in [0.5, 0.6) is 5.75 Å². The summed E-state index contributed by atoms with van der Waals surface area (Å²) in [7, 11) is 3.30. The predicted octanol–water partition coefficient (Wildman–Crippen LogP) is 4.89. The smallest absolute Gasteiger partial charge is 0.253 e. The summed E-state index contributed by atoms with van der Waals surface area (Å²) in [5, 5.41) is 7.80. The second-order valence-corrected chi connectivity index (χ2v) is 9.55. The highest BCUT2D eigenvalue weighted by atomic mass is 16.5. The van der Waals surface area contributed by atoms with E-state index in [9.17, 15) is 9.59 Å². The topological polar surface area (TPSA) is 73.7 Å². The molecule has 1 aliphatic heterocycles. The number of aromatic nitrogens is 2. The summed E-state index contributed by atoms with van der Waals surface area (Å²) in [6.45, 7) is 4.73. The number of amides is 1. The summed E-state index contributed by atoms with van der Waals surface area (Å²) in [6, 6.07) is 15.5. The molecule has 4 aromatic rings. The second kappa shape index (κ2) is 10.1. The Balaban J connectivity index is 1.22. The summed E-state index contributed by atoms with van der Waals surface area (Å²) in [6.07, 6.45) is 3.22. The molecule has 186 valence electrons. The van der Waals surface area contributed by atoms with Crippen molar-refractivity contribution < 1.29 is 19.1 Å². The Bertz CT molecular complexity index is 1440. The molecule has 1 fully saturated rings. The molecule has 0 bridgehead atoms. The number of carbonyl (C=O) groups excluding carboxylic acids is 2. The number of likely N-dealkylation sites (tertiary alicyclic amines) is 1. The first-order chi connectivity index (χ1) is 17.5. The molecule has 3 aromatic carbocycles. The maximum Gasteiger partial charge on any atom is 0.253 e. The number of aryl methyl sites for hydroxylation is 1. The molecule has 0 N–H and O–H groups in total. The second-order valence-electron chi connectivity index (χ2n) is 9.55. The van der Waals surface area contributed by atoms with Crippen molar-refractivity contribution in [2.24, 2.45) is 5.92 Å². The average Bonchev–Trinajstić information content (AvgIpc) is 3.29. The van der Waals surface area contributed by atoms with Crippen molar-refractivity contribution in [1.82, 2.24) is 14.7 Å². The normalized spacial score (nSPS) is 13.8. The fourth-order valence-corrected chi connectivity index (χ4v) is 4.97. The van der Waals surface area contributed by atoms with Crippen LogP contribution in [0.3, 0.4) is 0 Å². The number of carbonyl (C=O) groups is 2. The largest absolute Gasteiger partial charge is 0.497 e. The van der Waals surface area contributed by atoms with E-state index in [0.29, 0.717) is 37.6 Å². The Labute approximate surface area is 210 Å². The van der Waals surface area contributed by atoms with Crippen LogP contribution in [0.25, 0.3) is 21.7 Å². The van der Waals surface area contributed by atoms with Crippen LogP contribution in [0.4, 0.5) is 0 Å². The number of Topliss-reactive ketones (excluding diaryl/α,β-unsaturated/α-hetero) is 1. The fourth-order valence-electron chi connectivity index (χ4n) is 4.97. The number of methoxy groups -OCH3 is 2. The van der Waals surface area contributed by atoms with Crippen molar-refractivity contribution >= 4 is 33.4 Å². The minimum atomic E-state index is 0.0575. The molecule has 0 spiro atoms. The molecule has 0 radical (unpaired) electrons. The molecule has 5 rings (SSSR count). The zero-order chi connectivity index (χ0) is 25.2. The van der Waals surface area contributed by atoms with Crippen molar-refractivity contribution in [3.05, 3.63) is 71.4 Å². The predicted molar refractivity (Wildman–Crippen MR) is 140 cm³/mol. The molecular formula is C29H31N3O4. The minimum absolute atomic E-state index is 0.0575. The fraction of sp³-hybridized carbons (Fsp3) is 0.345. The van der Waals surface area contributed by atoms with Gasteiger partial charge in [-0.1, -0.05) is 12.1 Å². The van der Waals surface area contributed by atoms with Crippen LogP contribution in [-0.2, 0) is 11.3 Å². The summed E-state index contributed by atoms with van der Waals surface area (Å²) in [4.78, 5) is 27.5. The maximum atomic E-state index is 13.0. The lowest BCUT2D eigenvalue weighted by Crippen LogP contribution is -2.51. The van der Waals surface area contributed by atoms with E-state index in [0.717, 1.165) is 51.5 Å². The van der Waals surface area contributed by atoms with Crippen LogP contribution in [0.2, 0.25) is 0 Å². The Morgan fingerprint density at radius 3 is 2.58 bits per heavy atom. The number of hydrogen-bond donors (Lipinski definition) is 0. The molecule has 1 saturated heterocycles. The molecule has 36 heavy (non-hydrogen) atoms. The van der Waals surface area contributed by atoms with Crippen LogP contribution in [0, 0.1) is 12.8 Å². The first-order valence-electron chi connectivity index (χ1n) is 12.3. The van der Waals surface area contributed by atoms with Gasteiger partial charge in [0.25, 0.3) is 5.91 Å². The number of rotatable bonds is 9. The molecule has 1 amide bonds. The van der Waals surface area contributed by atoms with Crippen molar-refractivity contribution in [2.75, 3.05) is 33.9 Å². The molecular weight excluding hydrogens is 454 g/mol. The Kier molecular flexibility index (Phi) is 6.74. The number of ether oxygens (including phenoxy) is 2. The standard InChI is InChI=1S/C29H31N3O4/c1-19-25(28(33)5-4-12-35-2)10-11-27-26(19)18-32(30-27)17-20-15-31(16-20)29(34)23-7-6-22-14-24(36-3)9-8-21(22)13-23/h6-11,13-14,18,20H,4-5,12,15-17H2,1-3H3. The molecule has 1 aliphatic rings. The van der Waals surface area contributed by atoms with Gasteiger partial charge in [-0.3, -0.25) is 14.3 Å². The van der Waals surface area contributed by atoms with Gasteiger partial charge in [0.1, 0.15) is 5.75 Å². The zero-order valence-corrected chi connectivity index (χ0v) is 21.0. The van der Waals surface area contributed by atoms with E-state index in [1.54, 1.807) is 14.2 Å². The quantitative estimate of drug-likeness (QED) is 0.249. The third kappa shape index (κ3) is 4.71. The van der Waals surface area contributed by atoms with Gasteiger partial charge in [0.05, 0.1) is 12.6 Å². The number of fused-ring (bicyclic) bond motifs is 2. The van der Waals surface area contributed by atoms with Gasteiger partial charge in [0.2, 0.25) is 0 Å². The first-order valence-corrected chi connectivity index (χ1v) is 12.3. The molecule has 0 aliphatic carbocycles. The lowest BCUT2D eigenvalue weighted by molar-refractivity contribution is 0.0462. The van der Waals surface area contributed by atoms with Gasteiger partial charge < -0.3 is 14.4 Å². The van der Waals surface area contributed by atoms with E-state index in [-0.39, 0.29) is 11.7 Å². The van der Waals surface area contributed by atoms with Crippen LogP contribution in [-0.4, -0.2) is 60.3 Å². The van der Waals surface area contributed by atoms with E-state index in [2.05, 4.69) is 0 Å². The van der Waals surface area contributed by atoms with Crippen LogP contribution in [0.1, 0.15) is 39.1 Å². The lowest BCUT2D eigenvalue weighted by Gasteiger charge is -2.39. The Morgan fingerprint density at radius 1 is 1.03 bits per heavy atom. The molecule has 7 heteroatoms. The summed E-state index contributed by atoms with van der Waals surface area (Å²) in [5.74, 6) is 1.35. The van der Waals surface area contributed by atoms with Gasteiger partial charge in [0, 0.05) is 68.4 Å². The van der Waals surface area contributed by atoms with E-state index < -0.39 is 0 Å². The van der Waals surface area contributed by atoms with Gasteiger partial charge in [-0.2, -0.15) is 5.10 Å². The third-order valence-electron chi connectivity index (χ3n) is 7.04. The number of hydrogen-bond acceptors (Lipinski definition) is 5. The number of ketones is 1. The summed E-state index contributed by atoms with van der Waals surface area (Å²) >= 11 is 0. The number of nitrogens with zero attached hydrogens (tertiary/aromatic N) is 3. The van der Waals surface area contributed by atoms with E-state index in [1.165, 1.54) is 0 Å². The molecule has 2 heterocycles. The van der Waals surface area contributed by atoms with Crippen LogP contribution < -0.4 is 4.74 Å². The minimum Gasteiger partial charge on any atom is -0.497 e. The summed E-state index contributed by atoms with van der Waals surface area (Å²) < 4.78 is 12.3. The highest BCUT2D eigenvalue weighted by Gasteiger charge is 2.31. The van der Waals surface area contributed by atoms with Gasteiger partial charge in [-0.15, -0.1) is 0 Å². The van der Waals surface area contributed by atoms with Gasteiger partial charge >= 0.3 is 0 Å². The van der Waals surface area contributed by atoms with Crippen LogP contribution in [0.15, 0.2) is 54.7 Å². The summed E-state index contributed by atoms with van der Waals surface area (Å²) in [5.41, 5.74) is 3.32. The van der Waals surface area contributed by atoms with Crippen molar-refractivity contribution in [1.29, 1.82) is 0 Å². The Morgan fingerprint density at radius 2 is 1.81 bits per heavy atom. The van der Waals surface area contributed by atoms with Gasteiger partial charge in [-0.25, -0.2) is 0 Å². The number of benzene rings is 3. The van der Waals surface area contributed by atoms with Gasteiger partial charge in [0.15, 0.2) is 5.78 Å².